The zero-order valence-corrected chi connectivity index (χ0v) is 18.1. The van der Waals surface area contributed by atoms with Crippen molar-refractivity contribution in [1.82, 2.24) is 4.98 Å². The number of anilines is 1. The summed E-state index contributed by atoms with van der Waals surface area (Å²) in [7, 11) is 0. The van der Waals surface area contributed by atoms with Crippen LogP contribution in [0.3, 0.4) is 0 Å². The Kier molecular flexibility index (Phi) is 6.11. The van der Waals surface area contributed by atoms with E-state index in [-0.39, 0.29) is 17.3 Å². The van der Waals surface area contributed by atoms with E-state index >= 15 is 0 Å². The molecule has 5 nitrogen and oxygen atoms in total. The van der Waals surface area contributed by atoms with Gasteiger partial charge in [-0.15, -0.1) is 0 Å². The summed E-state index contributed by atoms with van der Waals surface area (Å²) in [5.74, 6) is -0.497. The molecule has 1 aromatic heterocycles. The summed E-state index contributed by atoms with van der Waals surface area (Å²) in [5.41, 5.74) is 5.88. The lowest BCUT2D eigenvalue weighted by atomic mass is 9.86. The highest BCUT2D eigenvalue weighted by molar-refractivity contribution is 5.98. The number of aromatic nitrogens is 1. The number of esters is 1. The Morgan fingerprint density at radius 3 is 2.10 bits per heavy atom. The fourth-order valence-electron chi connectivity index (χ4n) is 3.28. The van der Waals surface area contributed by atoms with E-state index < -0.39 is 0 Å². The fourth-order valence-corrected chi connectivity index (χ4v) is 3.28. The average Bonchev–Trinajstić information content (AvgIpc) is 3.13. The normalized spacial score (nSPS) is 11.2. The largest absolute Gasteiger partial charge is 0.462 e. The lowest BCUT2D eigenvalue weighted by molar-refractivity contribution is -0.114. The second-order valence-corrected chi connectivity index (χ2v) is 8.28. The Balaban J connectivity index is 2.01. The van der Waals surface area contributed by atoms with Crippen LogP contribution < -0.4 is 5.32 Å². The van der Waals surface area contributed by atoms with Crippen molar-refractivity contribution < 1.29 is 14.3 Å². The highest BCUT2D eigenvalue weighted by Crippen LogP contribution is 2.32. The van der Waals surface area contributed by atoms with Crippen molar-refractivity contribution in [3.05, 3.63) is 65.7 Å². The quantitative estimate of drug-likeness (QED) is 0.529. The molecule has 1 amide bonds. The summed E-state index contributed by atoms with van der Waals surface area (Å²) in [6.07, 6.45) is 0. The van der Waals surface area contributed by atoms with Crippen molar-refractivity contribution in [1.29, 1.82) is 0 Å². The Bertz CT molecular complexity index is 1040. The van der Waals surface area contributed by atoms with Gasteiger partial charge in [-0.25, -0.2) is 4.79 Å². The standard InChI is InChI=1S/C25H28N2O3/c1-6-30-24(29)21-15-22(17-7-11-19(12-8-17)25(3,4)5)27-23(21)18-9-13-20(14-10-18)26-16(2)28/h7-15,27H,6H2,1-5H3,(H,26,28). The lowest BCUT2D eigenvalue weighted by Gasteiger charge is -2.19. The van der Waals surface area contributed by atoms with E-state index in [4.69, 9.17) is 4.74 Å². The average molecular weight is 405 g/mol. The number of nitrogens with one attached hydrogen (secondary N) is 2. The molecule has 3 rings (SSSR count). The molecule has 1 heterocycles. The maximum Gasteiger partial charge on any atom is 0.340 e. The van der Waals surface area contributed by atoms with Crippen LogP contribution in [0.1, 0.15) is 50.5 Å². The van der Waals surface area contributed by atoms with Crippen LogP contribution >= 0.6 is 0 Å². The Labute approximate surface area is 177 Å². The zero-order valence-electron chi connectivity index (χ0n) is 18.1. The smallest absolute Gasteiger partial charge is 0.340 e. The second kappa shape index (κ2) is 8.57. The molecule has 0 fully saturated rings. The van der Waals surface area contributed by atoms with Crippen molar-refractivity contribution >= 4 is 17.6 Å². The molecule has 0 saturated carbocycles. The number of H-pyrrole nitrogens is 1. The van der Waals surface area contributed by atoms with Crippen LogP contribution in [0, 0.1) is 0 Å². The van der Waals surface area contributed by atoms with Crippen LogP contribution in [0.25, 0.3) is 22.5 Å². The molecular formula is C25H28N2O3. The molecule has 0 aliphatic heterocycles. The maximum absolute atomic E-state index is 12.6. The number of benzene rings is 2. The number of carbonyl (C=O) groups excluding carboxylic acids is 2. The number of rotatable bonds is 5. The molecule has 0 aliphatic carbocycles. The van der Waals surface area contributed by atoms with Crippen molar-refractivity contribution in [2.45, 2.75) is 40.0 Å². The molecule has 0 saturated heterocycles. The molecule has 0 spiro atoms. The molecule has 0 radical (unpaired) electrons. The van der Waals surface area contributed by atoms with E-state index in [0.717, 1.165) is 16.8 Å². The Hall–Kier alpha value is -3.34. The minimum Gasteiger partial charge on any atom is -0.462 e. The van der Waals surface area contributed by atoms with Crippen molar-refractivity contribution in [2.24, 2.45) is 0 Å². The molecule has 0 atom stereocenters. The van der Waals surface area contributed by atoms with Gasteiger partial charge in [0, 0.05) is 18.3 Å². The summed E-state index contributed by atoms with van der Waals surface area (Å²) in [4.78, 5) is 27.2. The van der Waals surface area contributed by atoms with Crippen molar-refractivity contribution in [3.63, 3.8) is 0 Å². The summed E-state index contributed by atoms with van der Waals surface area (Å²) in [5, 5.41) is 2.75. The third-order valence-electron chi connectivity index (χ3n) is 4.87. The highest BCUT2D eigenvalue weighted by Gasteiger charge is 2.19. The zero-order chi connectivity index (χ0) is 21.9. The van der Waals surface area contributed by atoms with E-state index in [1.807, 2.05) is 30.3 Å². The predicted octanol–water partition coefficient (Wildman–Crippen LogP) is 5.78. The first kappa shape index (κ1) is 21.4. The van der Waals surface area contributed by atoms with Crippen molar-refractivity contribution in [2.75, 3.05) is 11.9 Å². The minimum atomic E-state index is -0.368. The van der Waals surface area contributed by atoms with Crippen molar-refractivity contribution in [3.8, 4) is 22.5 Å². The van der Waals surface area contributed by atoms with Gasteiger partial charge in [-0.2, -0.15) is 0 Å². The second-order valence-electron chi connectivity index (χ2n) is 8.28. The minimum absolute atomic E-state index is 0.0746. The van der Waals surface area contributed by atoms with Gasteiger partial charge in [-0.3, -0.25) is 4.79 Å². The molecule has 0 unspecified atom stereocenters. The summed E-state index contributed by atoms with van der Waals surface area (Å²) >= 11 is 0. The number of amides is 1. The predicted molar refractivity (Wildman–Crippen MR) is 121 cm³/mol. The van der Waals surface area contributed by atoms with Gasteiger partial charge in [0.05, 0.1) is 17.9 Å². The van der Waals surface area contributed by atoms with Gasteiger partial charge in [0.15, 0.2) is 0 Å². The van der Waals surface area contributed by atoms with Gasteiger partial charge in [-0.1, -0.05) is 57.2 Å². The molecule has 5 heteroatoms. The fraction of sp³-hybridized carbons (Fsp3) is 0.280. The summed E-state index contributed by atoms with van der Waals surface area (Å²) < 4.78 is 5.26. The maximum atomic E-state index is 12.6. The van der Waals surface area contributed by atoms with Crippen LogP contribution in [0.5, 0.6) is 0 Å². The van der Waals surface area contributed by atoms with E-state index in [2.05, 4.69) is 55.3 Å². The van der Waals surface area contributed by atoms with Gasteiger partial charge in [0.1, 0.15) is 0 Å². The molecule has 2 N–H and O–H groups in total. The topological polar surface area (TPSA) is 71.2 Å². The van der Waals surface area contributed by atoms with Gasteiger partial charge >= 0.3 is 5.97 Å². The van der Waals surface area contributed by atoms with E-state index in [9.17, 15) is 9.59 Å². The Morgan fingerprint density at radius 2 is 1.57 bits per heavy atom. The number of aromatic amines is 1. The number of carbonyl (C=O) groups is 2. The molecule has 0 aliphatic rings. The number of hydrogen-bond acceptors (Lipinski definition) is 3. The third kappa shape index (κ3) is 4.79. The first-order valence-corrected chi connectivity index (χ1v) is 10.1. The van der Waals surface area contributed by atoms with Crippen LogP contribution in [0.15, 0.2) is 54.6 Å². The summed E-state index contributed by atoms with van der Waals surface area (Å²) in [6, 6.07) is 17.5. The molecular weight excluding hydrogens is 376 g/mol. The first-order valence-electron chi connectivity index (χ1n) is 10.1. The molecule has 0 bridgehead atoms. The van der Waals surface area contributed by atoms with Gasteiger partial charge in [0.25, 0.3) is 0 Å². The molecule has 2 aromatic carbocycles. The van der Waals surface area contributed by atoms with Gasteiger partial charge in [-0.05, 0) is 47.2 Å². The first-order chi connectivity index (χ1) is 14.2. The molecule has 30 heavy (non-hydrogen) atoms. The SMILES string of the molecule is CCOC(=O)c1cc(-c2ccc(C(C)(C)C)cc2)[nH]c1-c1ccc(NC(C)=O)cc1. The monoisotopic (exact) mass is 404 g/mol. The van der Waals surface area contributed by atoms with Crippen LogP contribution in [0.4, 0.5) is 5.69 Å². The van der Waals surface area contributed by atoms with E-state index in [0.29, 0.717) is 23.6 Å². The van der Waals surface area contributed by atoms with Gasteiger partial charge < -0.3 is 15.0 Å². The lowest BCUT2D eigenvalue weighted by Crippen LogP contribution is -2.10. The number of ether oxygens (including phenoxy) is 1. The molecule has 156 valence electrons. The van der Waals surface area contributed by atoms with Crippen LogP contribution in [-0.4, -0.2) is 23.5 Å². The van der Waals surface area contributed by atoms with E-state index in [1.165, 1.54) is 12.5 Å². The van der Waals surface area contributed by atoms with Crippen LogP contribution in [0.2, 0.25) is 0 Å². The third-order valence-corrected chi connectivity index (χ3v) is 4.87. The Morgan fingerprint density at radius 1 is 0.967 bits per heavy atom. The highest BCUT2D eigenvalue weighted by atomic mass is 16.5. The number of hydrogen-bond donors (Lipinski definition) is 2. The molecule has 3 aromatic rings. The van der Waals surface area contributed by atoms with E-state index in [1.54, 1.807) is 6.92 Å². The summed E-state index contributed by atoms with van der Waals surface area (Å²) in [6.45, 7) is 10.1. The van der Waals surface area contributed by atoms with Gasteiger partial charge in [0.2, 0.25) is 5.91 Å². The van der Waals surface area contributed by atoms with Crippen LogP contribution in [-0.2, 0) is 14.9 Å².